The van der Waals surface area contributed by atoms with Crippen molar-refractivity contribution in [2.75, 3.05) is 11.9 Å². The van der Waals surface area contributed by atoms with Crippen LogP contribution in [0.3, 0.4) is 0 Å². The lowest BCUT2D eigenvalue weighted by atomic mass is 10.1. The van der Waals surface area contributed by atoms with E-state index in [1.807, 2.05) is 18.2 Å². The summed E-state index contributed by atoms with van der Waals surface area (Å²) in [4.78, 5) is 22.7. The highest BCUT2D eigenvalue weighted by Gasteiger charge is 2.09. The molecule has 0 bridgehead atoms. The van der Waals surface area contributed by atoms with Crippen LogP contribution in [0, 0.1) is 0 Å². The quantitative estimate of drug-likeness (QED) is 0.565. The summed E-state index contributed by atoms with van der Waals surface area (Å²) in [6.45, 7) is 2.16. The fourth-order valence-electron chi connectivity index (χ4n) is 1.49. The maximum Gasteiger partial charge on any atom is 0.310 e. The molecule has 0 aliphatic heterocycles. The molecule has 18 heavy (non-hydrogen) atoms. The first kappa shape index (κ1) is 15.4. The summed E-state index contributed by atoms with van der Waals surface area (Å²) >= 11 is 6.54. The average Bonchev–Trinajstić information content (AvgIpc) is 2.33. The molecule has 0 aliphatic carbocycles. The molecule has 1 rings (SSSR count). The topological polar surface area (TPSA) is 43.4 Å². The van der Waals surface area contributed by atoms with Crippen molar-refractivity contribution in [3.63, 3.8) is 0 Å². The number of esters is 1. The number of hydrogen-bond acceptors (Lipinski definition) is 3. The van der Waals surface area contributed by atoms with Gasteiger partial charge in [0.25, 0.3) is 0 Å². The van der Waals surface area contributed by atoms with Crippen LogP contribution in [-0.4, -0.2) is 23.7 Å². The van der Waals surface area contributed by atoms with Crippen molar-refractivity contribution >= 4 is 43.6 Å². The Bertz CT molecular complexity index is 444. The van der Waals surface area contributed by atoms with Crippen molar-refractivity contribution in [2.24, 2.45) is 0 Å². The molecule has 1 aromatic rings. The molecule has 1 aromatic carbocycles. The highest BCUT2D eigenvalue weighted by atomic mass is 79.9. The zero-order valence-electron chi connectivity index (χ0n) is 10.0. The largest absolute Gasteiger partial charge is 0.466 e. The van der Waals surface area contributed by atoms with E-state index in [1.165, 1.54) is 0 Å². The molecular weight excluding hydrogens is 364 g/mol. The van der Waals surface area contributed by atoms with Gasteiger partial charge in [0.15, 0.2) is 0 Å². The SMILES string of the molecule is CCOC(=O)Cc1ccc(CC(=O)CBr)cc1Br. The number of rotatable bonds is 6. The Hall–Kier alpha value is -0.680. The normalized spacial score (nSPS) is 10.2. The maximum absolute atomic E-state index is 11.4. The van der Waals surface area contributed by atoms with Crippen LogP contribution in [0.4, 0.5) is 0 Å². The van der Waals surface area contributed by atoms with Gasteiger partial charge in [0.1, 0.15) is 5.78 Å². The monoisotopic (exact) mass is 376 g/mol. The molecule has 0 amide bonds. The van der Waals surface area contributed by atoms with Gasteiger partial charge in [-0.3, -0.25) is 9.59 Å². The molecule has 0 heterocycles. The van der Waals surface area contributed by atoms with Crippen LogP contribution in [0.5, 0.6) is 0 Å². The summed E-state index contributed by atoms with van der Waals surface area (Å²) in [5, 5.41) is 0.356. The summed E-state index contributed by atoms with van der Waals surface area (Å²) in [5.74, 6) is -0.123. The molecule has 98 valence electrons. The number of hydrogen-bond donors (Lipinski definition) is 0. The number of carbonyl (C=O) groups is 2. The summed E-state index contributed by atoms with van der Waals surface area (Å²) in [6, 6.07) is 5.58. The van der Waals surface area contributed by atoms with E-state index in [4.69, 9.17) is 4.74 Å². The van der Waals surface area contributed by atoms with Gasteiger partial charge in [0.2, 0.25) is 0 Å². The highest BCUT2D eigenvalue weighted by Crippen LogP contribution is 2.20. The molecule has 0 atom stereocenters. The maximum atomic E-state index is 11.4. The lowest BCUT2D eigenvalue weighted by molar-refractivity contribution is -0.142. The zero-order valence-corrected chi connectivity index (χ0v) is 13.2. The van der Waals surface area contributed by atoms with Crippen LogP contribution in [0.25, 0.3) is 0 Å². The van der Waals surface area contributed by atoms with E-state index in [-0.39, 0.29) is 18.2 Å². The Morgan fingerprint density at radius 2 is 2.00 bits per heavy atom. The first-order valence-electron chi connectivity index (χ1n) is 5.57. The first-order chi connectivity index (χ1) is 8.56. The van der Waals surface area contributed by atoms with E-state index in [1.54, 1.807) is 6.92 Å². The molecule has 3 nitrogen and oxygen atoms in total. The van der Waals surface area contributed by atoms with Crippen LogP contribution in [0.1, 0.15) is 18.1 Å². The molecule has 5 heteroatoms. The van der Waals surface area contributed by atoms with Crippen molar-refractivity contribution < 1.29 is 14.3 Å². The van der Waals surface area contributed by atoms with Crippen LogP contribution < -0.4 is 0 Å². The third-order valence-corrected chi connectivity index (χ3v) is 3.67. The summed E-state index contributed by atoms with van der Waals surface area (Å²) in [5.41, 5.74) is 1.79. The smallest absolute Gasteiger partial charge is 0.310 e. The number of ketones is 1. The number of ether oxygens (including phenoxy) is 1. The minimum absolute atomic E-state index is 0.125. The molecular formula is C13H14Br2O3. The van der Waals surface area contributed by atoms with E-state index in [9.17, 15) is 9.59 Å². The number of benzene rings is 1. The predicted octanol–water partition coefficient (Wildman–Crippen LogP) is 3.06. The molecule has 0 spiro atoms. The van der Waals surface area contributed by atoms with Gasteiger partial charge in [-0.25, -0.2) is 0 Å². The van der Waals surface area contributed by atoms with Gasteiger partial charge in [-0.15, -0.1) is 0 Å². The van der Waals surface area contributed by atoms with Crippen LogP contribution in [0.15, 0.2) is 22.7 Å². The summed E-state index contributed by atoms with van der Waals surface area (Å²) < 4.78 is 5.72. The van der Waals surface area contributed by atoms with Gasteiger partial charge in [-0.05, 0) is 24.1 Å². The standard InChI is InChI=1S/C13H14Br2O3/c1-2-18-13(17)7-10-4-3-9(6-12(10)15)5-11(16)8-14/h3-4,6H,2,5,7-8H2,1H3. The lowest BCUT2D eigenvalue weighted by Crippen LogP contribution is -2.08. The van der Waals surface area contributed by atoms with Gasteiger partial charge in [-0.1, -0.05) is 44.0 Å². The summed E-state index contributed by atoms with van der Waals surface area (Å²) in [7, 11) is 0. The van der Waals surface area contributed by atoms with Gasteiger partial charge in [-0.2, -0.15) is 0 Å². The van der Waals surface area contributed by atoms with Crippen molar-refractivity contribution in [3.8, 4) is 0 Å². The number of Topliss-reactive ketones (excluding diaryl/α,β-unsaturated/α-hetero) is 1. The van der Waals surface area contributed by atoms with E-state index in [0.717, 1.165) is 15.6 Å². The molecule has 0 radical (unpaired) electrons. The van der Waals surface area contributed by atoms with Crippen molar-refractivity contribution in [1.29, 1.82) is 0 Å². The molecule has 0 aromatic heterocycles. The Kier molecular flexibility index (Phi) is 6.57. The number of halogens is 2. The van der Waals surface area contributed by atoms with Crippen molar-refractivity contribution in [1.82, 2.24) is 0 Å². The predicted molar refractivity (Wildman–Crippen MR) is 77.0 cm³/mol. The first-order valence-corrected chi connectivity index (χ1v) is 7.48. The van der Waals surface area contributed by atoms with E-state index in [2.05, 4.69) is 31.9 Å². The fraction of sp³-hybridized carbons (Fsp3) is 0.385. The second kappa shape index (κ2) is 7.69. The third kappa shape index (κ3) is 4.90. The van der Waals surface area contributed by atoms with E-state index < -0.39 is 0 Å². The Morgan fingerprint density at radius 1 is 1.28 bits per heavy atom. The van der Waals surface area contributed by atoms with Gasteiger partial charge in [0.05, 0.1) is 18.4 Å². The number of carbonyl (C=O) groups excluding carboxylic acids is 2. The molecule has 0 saturated carbocycles. The second-order valence-corrected chi connectivity index (χ2v) is 5.17. The Balaban J connectivity index is 2.73. The number of alkyl halides is 1. The van der Waals surface area contributed by atoms with E-state index in [0.29, 0.717) is 18.4 Å². The third-order valence-electron chi connectivity index (χ3n) is 2.31. The molecule has 0 fully saturated rings. The van der Waals surface area contributed by atoms with Crippen molar-refractivity contribution in [2.45, 2.75) is 19.8 Å². The highest BCUT2D eigenvalue weighted by molar-refractivity contribution is 9.10. The Labute approximate surface area is 123 Å². The Morgan fingerprint density at radius 3 is 2.56 bits per heavy atom. The average molecular weight is 378 g/mol. The molecule has 0 saturated heterocycles. The van der Waals surface area contributed by atoms with Gasteiger partial charge < -0.3 is 4.74 Å². The van der Waals surface area contributed by atoms with Crippen molar-refractivity contribution in [3.05, 3.63) is 33.8 Å². The van der Waals surface area contributed by atoms with Crippen LogP contribution in [0.2, 0.25) is 0 Å². The fourth-order valence-corrected chi connectivity index (χ4v) is 2.25. The zero-order chi connectivity index (χ0) is 13.5. The minimum atomic E-state index is -0.248. The van der Waals surface area contributed by atoms with Crippen LogP contribution >= 0.6 is 31.9 Å². The molecule has 0 N–H and O–H groups in total. The summed E-state index contributed by atoms with van der Waals surface area (Å²) in [6.07, 6.45) is 0.630. The molecule has 0 aliphatic rings. The minimum Gasteiger partial charge on any atom is -0.466 e. The second-order valence-electron chi connectivity index (χ2n) is 3.76. The van der Waals surface area contributed by atoms with Crippen LogP contribution in [-0.2, 0) is 27.2 Å². The lowest BCUT2D eigenvalue weighted by Gasteiger charge is -2.06. The molecule has 0 unspecified atom stereocenters. The van der Waals surface area contributed by atoms with E-state index >= 15 is 0 Å². The van der Waals surface area contributed by atoms with Gasteiger partial charge in [0, 0.05) is 10.9 Å². The van der Waals surface area contributed by atoms with Gasteiger partial charge >= 0.3 is 5.97 Å².